The number of ether oxygens (including phenoxy) is 1. The van der Waals surface area contributed by atoms with Gasteiger partial charge >= 0.3 is 0 Å². The molecule has 0 unspecified atom stereocenters. The Bertz CT molecular complexity index is 470. The number of aliphatic hydroxyl groups is 1. The Morgan fingerprint density at radius 3 is 2.74 bits per heavy atom. The molecule has 1 aromatic carbocycles. The molecule has 19 heavy (non-hydrogen) atoms. The Hall–Kier alpha value is -1.46. The number of aryl methyl sites for hydroxylation is 1. The van der Waals surface area contributed by atoms with Gasteiger partial charge in [0.1, 0.15) is 5.82 Å². The lowest BCUT2D eigenvalue weighted by Gasteiger charge is -2.36. The molecule has 0 atom stereocenters. The molecule has 1 fully saturated rings. The Kier molecular flexibility index (Phi) is 4.17. The monoisotopic (exact) mass is 267 g/mol. The molecule has 104 valence electrons. The number of carbonyl (C=O) groups is 1. The van der Waals surface area contributed by atoms with Crippen LogP contribution >= 0.6 is 0 Å². The van der Waals surface area contributed by atoms with Crippen LogP contribution in [0.25, 0.3) is 0 Å². The fourth-order valence-corrected chi connectivity index (χ4v) is 2.18. The minimum Gasteiger partial charge on any atom is -0.394 e. The van der Waals surface area contributed by atoms with E-state index in [2.05, 4.69) is 5.32 Å². The SMILES string of the molecule is Cc1cc(C(=O)NC2(CO)CCOCC2)ccc1F. The van der Waals surface area contributed by atoms with E-state index in [1.54, 1.807) is 6.92 Å². The topological polar surface area (TPSA) is 58.6 Å². The first-order valence-electron chi connectivity index (χ1n) is 6.34. The molecule has 0 bridgehead atoms. The van der Waals surface area contributed by atoms with Gasteiger partial charge in [0.2, 0.25) is 0 Å². The van der Waals surface area contributed by atoms with E-state index in [4.69, 9.17) is 4.74 Å². The zero-order chi connectivity index (χ0) is 13.9. The lowest BCUT2D eigenvalue weighted by Crippen LogP contribution is -2.54. The summed E-state index contributed by atoms with van der Waals surface area (Å²) in [6, 6.07) is 4.23. The second kappa shape index (κ2) is 5.67. The second-order valence-corrected chi connectivity index (χ2v) is 4.97. The molecular weight excluding hydrogens is 249 g/mol. The van der Waals surface area contributed by atoms with Crippen molar-refractivity contribution in [3.8, 4) is 0 Å². The summed E-state index contributed by atoms with van der Waals surface area (Å²) in [4.78, 5) is 12.2. The Morgan fingerprint density at radius 1 is 1.47 bits per heavy atom. The number of hydrogen-bond acceptors (Lipinski definition) is 3. The number of benzene rings is 1. The van der Waals surface area contributed by atoms with Crippen molar-refractivity contribution in [2.24, 2.45) is 0 Å². The quantitative estimate of drug-likeness (QED) is 0.870. The summed E-state index contributed by atoms with van der Waals surface area (Å²) in [6.07, 6.45) is 1.16. The number of amides is 1. The van der Waals surface area contributed by atoms with Crippen LogP contribution in [0.3, 0.4) is 0 Å². The fraction of sp³-hybridized carbons (Fsp3) is 0.500. The van der Waals surface area contributed by atoms with Crippen molar-refractivity contribution in [2.75, 3.05) is 19.8 Å². The summed E-state index contributed by atoms with van der Waals surface area (Å²) >= 11 is 0. The Balaban J connectivity index is 2.12. The van der Waals surface area contributed by atoms with Gasteiger partial charge in [0.05, 0.1) is 12.1 Å². The molecular formula is C14H18FNO3. The molecule has 0 aromatic heterocycles. The van der Waals surface area contributed by atoms with Crippen LogP contribution in [0.4, 0.5) is 4.39 Å². The van der Waals surface area contributed by atoms with Crippen LogP contribution in [0.5, 0.6) is 0 Å². The van der Waals surface area contributed by atoms with E-state index in [0.29, 0.717) is 37.2 Å². The predicted molar refractivity (Wildman–Crippen MR) is 68.5 cm³/mol. The molecule has 1 aliphatic rings. The molecule has 2 rings (SSSR count). The maximum Gasteiger partial charge on any atom is 0.251 e. The first kappa shape index (κ1) is 14.0. The number of nitrogens with one attached hydrogen (secondary N) is 1. The fourth-order valence-electron chi connectivity index (χ4n) is 2.18. The van der Waals surface area contributed by atoms with Gasteiger partial charge in [-0.05, 0) is 43.5 Å². The minimum absolute atomic E-state index is 0.123. The van der Waals surface area contributed by atoms with Gasteiger partial charge in [0.15, 0.2) is 0 Å². The molecule has 1 aromatic rings. The molecule has 0 radical (unpaired) electrons. The summed E-state index contributed by atoms with van der Waals surface area (Å²) in [5.74, 6) is -0.626. The summed E-state index contributed by atoms with van der Waals surface area (Å²) in [5, 5.41) is 12.4. The molecule has 5 heteroatoms. The van der Waals surface area contributed by atoms with E-state index in [0.717, 1.165) is 0 Å². The Morgan fingerprint density at radius 2 is 2.16 bits per heavy atom. The van der Waals surface area contributed by atoms with E-state index in [9.17, 15) is 14.3 Å². The van der Waals surface area contributed by atoms with Crippen molar-refractivity contribution in [3.05, 3.63) is 35.1 Å². The number of carbonyl (C=O) groups excluding carboxylic acids is 1. The lowest BCUT2D eigenvalue weighted by atomic mass is 9.90. The first-order valence-corrected chi connectivity index (χ1v) is 6.34. The van der Waals surface area contributed by atoms with Gasteiger partial charge < -0.3 is 15.2 Å². The molecule has 1 heterocycles. The number of rotatable bonds is 3. The van der Waals surface area contributed by atoms with Crippen LogP contribution in [0.1, 0.15) is 28.8 Å². The van der Waals surface area contributed by atoms with Gasteiger partial charge in [-0.3, -0.25) is 4.79 Å². The van der Waals surface area contributed by atoms with Crippen molar-refractivity contribution in [2.45, 2.75) is 25.3 Å². The maximum atomic E-state index is 13.2. The van der Waals surface area contributed by atoms with Crippen LogP contribution in [0.2, 0.25) is 0 Å². The van der Waals surface area contributed by atoms with Crippen LogP contribution in [-0.2, 0) is 4.74 Å². The smallest absolute Gasteiger partial charge is 0.251 e. The first-order chi connectivity index (χ1) is 9.06. The van der Waals surface area contributed by atoms with Crippen molar-refractivity contribution in [1.82, 2.24) is 5.32 Å². The van der Waals surface area contributed by atoms with Crippen molar-refractivity contribution >= 4 is 5.91 Å². The average molecular weight is 267 g/mol. The van der Waals surface area contributed by atoms with Gasteiger partial charge in [-0.2, -0.15) is 0 Å². The van der Waals surface area contributed by atoms with E-state index < -0.39 is 5.54 Å². The molecule has 0 spiro atoms. The third-order valence-electron chi connectivity index (χ3n) is 3.55. The van der Waals surface area contributed by atoms with Crippen LogP contribution in [0, 0.1) is 12.7 Å². The normalized spacial score (nSPS) is 18.1. The van der Waals surface area contributed by atoms with Gasteiger partial charge in [0.25, 0.3) is 5.91 Å². The van der Waals surface area contributed by atoms with Gasteiger partial charge in [-0.15, -0.1) is 0 Å². The number of halogens is 1. The molecule has 1 aliphatic heterocycles. The highest BCUT2D eigenvalue weighted by Gasteiger charge is 2.33. The van der Waals surface area contributed by atoms with Crippen molar-refractivity contribution < 1.29 is 19.0 Å². The second-order valence-electron chi connectivity index (χ2n) is 4.97. The van der Waals surface area contributed by atoms with Gasteiger partial charge in [-0.25, -0.2) is 4.39 Å². The number of hydrogen-bond donors (Lipinski definition) is 2. The average Bonchev–Trinajstić information content (AvgIpc) is 2.43. The van der Waals surface area contributed by atoms with Crippen molar-refractivity contribution in [3.63, 3.8) is 0 Å². The zero-order valence-corrected chi connectivity index (χ0v) is 10.9. The summed E-state index contributed by atoms with van der Waals surface area (Å²) in [7, 11) is 0. The van der Waals surface area contributed by atoms with E-state index in [1.807, 2.05) is 0 Å². The zero-order valence-electron chi connectivity index (χ0n) is 10.9. The van der Waals surface area contributed by atoms with E-state index in [1.165, 1.54) is 18.2 Å². The Labute approximate surface area is 111 Å². The van der Waals surface area contributed by atoms with Crippen LogP contribution in [-0.4, -0.2) is 36.4 Å². The van der Waals surface area contributed by atoms with Crippen LogP contribution < -0.4 is 5.32 Å². The summed E-state index contributed by atoms with van der Waals surface area (Å²) < 4.78 is 18.4. The summed E-state index contributed by atoms with van der Waals surface area (Å²) in [5.41, 5.74) is 0.202. The lowest BCUT2D eigenvalue weighted by molar-refractivity contribution is 0.0125. The molecule has 4 nitrogen and oxygen atoms in total. The minimum atomic E-state index is -0.627. The third kappa shape index (κ3) is 3.11. The van der Waals surface area contributed by atoms with Gasteiger partial charge in [0, 0.05) is 18.8 Å². The third-order valence-corrected chi connectivity index (χ3v) is 3.55. The van der Waals surface area contributed by atoms with Crippen molar-refractivity contribution in [1.29, 1.82) is 0 Å². The maximum absolute atomic E-state index is 13.2. The highest BCUT2D eigenvalue weighted by atomic mass is 19.1. The standard InChI is InChI=1S/C14H18FNO3/c1-10-8-11(2-3-12(10)15)13(18)16-14(9-17)4-6-19-7-5-14/h2-3,8,17H,4-7,9H2,1H3,(H,16,18). The molecule has 1 amide bonds. The number of aliphatic hydroxyl groups excluding tert-OH is 1. The van der Waals surface area contributed by atoms with E-state index >= 15 is 0 Å². The molecule has 2 N–H and O–H groups in total. The molecule has 0 aliphatic carbocycles. The summed E-state index contributed by atoms with van der Waals surface area (Å²) in [6.45, 7) is 2.53. The molecule has 0 saturated carbocycles. The van der Waals surface area contributed by atoms with Crippen LogP contribution in [0.15, 0.2) is 18.2 Å². The highest BCUT2D eigenvalue weighted by Crippen LogP contribution is 2.21. The van der Waals surface area contributed by atoms with E-state index in [-0.39, 0.29) is 18.3 Å². The van der Waals surface area contributed by atoms with Gasteiger partial charge in [-0.1, -0.05) is 0 Å². The molecule has 1 saturated heterocycles. The predicted octanol–water partition coefficient (Wildman–Crippen LogP) is 1.41. The highest BCUT2D eigenvalue weighted by molar-refractivity contribution is 5.94. The largest absolute Gasteiger partial charge is 0.394 e.